The van der Waals surface area contributed by atoms with Crippen LogP contribution in [0.1, 0.15) is 11.1 Å². The Labute approximate surface area is 278 Å². The molecule has 0 saturated heterocycles. The Morgan fingerprint density at radius 3 is 1.69 bits per heavy atom. The summed E-state index contributed by atoms with van der Waals surface area (Å²) in [7, 11) is 0. The van der Waals surface area contributed by atoms with Gasteiger partial charge in [-0.05, 0) is 147 Å². The molecular weight excluding hydrogens is 581 g/mol. The molecule has 224 valence electrons. The van der Waals surface area contributed by atoms with Crippen LogP contribution in [0.2, 0.25) is 0 Å². The van der Waals surface area contributed by atoms with Gasteiger partial charge in [0, 0.05) is 33.5 Å². The average molecular weight is 611 g/mol. The van der Waals surface area contributed by atoms with Crippen LogP contribution in [0, 0.1) is 0 Å². The molecule has 2 aliphatic carbocycles. The van der Waals surface area contributed by atoms with E-state index in [4.69, 9.17) is 0 Å². The number of hydrogen-bond donors (Lipinski definition) is 0. The zero-order valence-corrected chi connectivity index (χ0v) is 26.3. The summed E-state index contributed by atoms with van der Waals surface area (Å²) in [4.78, 5) is 2.44. The molecule has 0 unspecified atom stereocenters. The Kier molecular flexibility index (Phi) is 5.25. The molecule has 1 aromatic heterocycles. The second-order valence-corrected chi connectivity index (χ2v) is 13.3. The largest absolute Gasteiger partial charge is 0.310 e. The van der Waals surface area contributed by atoms with Crippen LogP contribution in [0.3, 0.4) is 0 Å². The fraction of sp³-hybridized carbons (Fsp3) is 0.0435. The molecule has 0 saturated carbocycles. The normalized spacial score (nSPS) is 12.8. The smallest absolute Gasteiger partial charge is 0.0541 e. The number of para-hydroxylation sites is 3. The SMILES string of the molecule is c1ccc(N(c2ccc3cc4c(cc3c2)-c2cc3ccc(-n5c6ccccc6c6ccccc65)cc3cc2-4)c2cccc3c2CC3)cc1. The minimum Gasteiger partial charge on any atom is -0.310 e. The predicted octanol–water partition coefficient (Wildman–Crippen LogP) is 12.3. The number of aromatic nitrogens is 1. The van der Waals surface area contributed by atoms with Crippen molar-refractivity contribution in [2.45, 2.75) is 12.8 Å². The molecule has 0 radical (unpaired) electrons. The first-order valence-corrected chi connectivity index (χ1v) is 16.9. The quantitative estimate of drug-likeness (QED) is 0.192. The summed E-state index contributed by atoms with van der Waals surface area (Å²) in [6.45, 7) is 0. The molecule has 2 aliphatic rings. The van der Waals surface area contributed by atoms with E-state index in [2.05, 4.69) is 167 Å². The van der Waals surface area contributed by atoms with E-state index in [9.17, 15) is 0 Å². The van der Waals surface area contributed by atoms with Crippen molar-refractivity contribution < 1.29 is 0 Å². The molecule has 2 heteroatoms. The van der Waals surface area contributed by atoms with E-state index in [1.54, 1.807) is 0 Å². The molecule has 0 fully saturated rings. The molecule has 2 nitrogen and oxygen atoms in total. The van der Waals surface area contributed by atoms with Gasteiger partial charge in [0.25, 0.3) is 0 Å². The fourth-order valence-corrected chi connectivity index (χ4v) is 8.32. The van der Waals surface area contributed by atoms with E-state index in [1.165, 1.54) is 106 Å². The molecule has 9 aromatic rings. The van der Waals surface area contributed by atoms with Gasteiger partial charge in [-0.3, -0.25) is 0 Å². The average Bonchev–Trinajstić information content (AvgIpc) is 3.46. The lowest BCUT2D eigenvalue weighted by Gasteiger charge is -2.32. The topological polar surface area (TPSA) is 8.17 Å². The van der Waals surface area contributed by atoms with Gasteiger partial charge in [-0.2, -0.15) is 0 Å². The highest BCUT2D eigenvalue weighted by atomic mass is 15.1. The molecule has 0 spiro atoms. The van der Waals surface area contributed by atoms with E-state index in [0.717, 1.165) is 6.42 Å². The highest BCUT2D eigenvalue weighted by Gasteiger charge is 2.26. The van der Waals surface area contributed by atoms with Gasteiger partial charge < -0.3 is 9.47 Å². The molecule has 1 heterocycles. The third-order valence-electron chi connectivity index (χ3n) is 10.7. The molecule has 0 N–H and O–H groups in total. The standard InChI is InChI=1S/C46H30N2/c1-2-10-34(11-3-1)47(44-16-8-9-29-19-22-37(29)44)35-20-17-30-25-40-42(27-32(30)23-35)41-26-31-18-21-36(24-33(31)28-43(40)41)48-45-14-6-4-12-38(45)39-13-5-7-15-46(39)48/h1-18,20-21,23-28H,19,22H2. The van der Waals surface area contributed by atoms with Crippen molar-refractivity contribution in [3.63, 3.8) is 0 Å². The number of benzene rings is 8. The number of hydrogen-bond acceptors (Lipinski definition) is 1. The third kappa shape index (κ3) is 3.63. The molecule has 0 aliphatic heterocycles. The summed E-state index contributed by atoms with van der Waals surface area (Å²) in [6.07, 6.45) is 2.31. The van der Waals surface area contributed by atoms with Crippen molar-refractivity contribution in [1.29, 1.82) is 0 Å². The summed E-state index contributed by atoms with van der Waals surface area (Å²) in [5, 5.41) is 7.67. The number of rotatable bonds is 4. The van der Waals surface area contributed by atoms with Gasteiger partial charge in [-0.25, -0.2) is 0 Å². The molecule has 8 aromatic carbocycles. The monoisotopic (exact) mass is 610 g/mol. The number of fused-ring (bicyclic) bond motifs is 10. The van der Waals surface area contributed by atoms with E-state index < -0.39 is 0 Å². The first-order valence-electron chi connectivity index (χ1n) is 16.9. The van der Waals surface area contributed by atoms with Crippen molar-refractivity contribution >= 4 is 60.4 Å². The minimum atomic E-state index is 1.14. The van der Waals surface area contributed by atoms with E-state index in [0.29, 0.717) is 0 Å². The van der Waals surface area contributed by atoms with Crippen LogP contribution < -0.4 is 4.90 Å². The lowest BCUT2D eigenvalue weighted by Crippen LogP contribution is -2.17. The second-order valence-electron chi connectivity index (χ2n) is 13.3. The van der Waals surface area contributed by atoms with E-state index in [-0.39, 0.29) is 0 Å². The number of anilines is 3. The second kappa shape index (κ2) is 9.70. The van der Waals surface area contributed by atoms with E-state index >= 15 is 0 Å². The van der Waals surface area contributed by atoms with Gasteiger partial charge in [0.2, 0.25) is 0 Å². The Balaban J connectivity index is 1.02. The lowest BCUT2D eigenvalue weighted by atomic mass is 9.78. The van der Waals surface area contributed by atoms with Crippen LogP contribution in [-0.2, 0) is 12.8 Å². The maximum absolute atomic E-state index is 2.44. The van der Waals surface area contributed by atoms with Crippen molar-refractivity contribution in [3.8, 4) is 27.9 Å². The highest BCUT2D eigenvalue weighted by molar-refractivity contribution is 6.13. The molecule has 0 atom stereocenters. The number of nitrogens with zero attached hydrogens (tertiary/aromatic N) is 2. The van der Waals surface area contributed by atoms with Crippen LogP contribution in [0.5, 0.6) is 0 Å². The van der Waals surface area contributed by atoms with Gasteiger partial charge in [0.1, 0.15) is 0 Å². The summed E-state index contributed by atoms with van der Waals surface area (Å²) in [5.41, 5.74) is 15.7. The first-order chi connectivity index (χ1) is 23.8. The van der Waals surface area contributed by atoms with Crippen LogP contribution in [0.25, 0.3) is 71.3 Å². The predicted molar refractivity (Wildman–Crippen MR) is 202 cm³/mol. The van der Waals surface area contributed by atoms with Crippen molar-refractivity contribution in [1.82, 2.24) is 4.57 Å². The van der Waals surface area contributed by atoms with Crippen LogP contribution in [0.15, 0.2) is 158 Å². The molecule has 11 rings (SSSR count). The maximum atomic E-state index is 2.44. The van der Waals surface area contributed by atoms with Gasteiger partial charge in [-0.1, -0.05) is 78.9 Å². The highest BCUT2D eigenvalue weighted by Crippen LogP contribution is 2.51. The van der Waals surface area contributed by atoms with Crippen LogP contribution >= 0.6 is 0 Å². The maximum Gasteiger partial charge on any atom is 0.0541 e. The summed E-state index contributed by atoms with van der Waals surface area (Å²) in [5.74, 6) is 0. The Morgan fingerprint density at radius 2 is 1.02 bits per heavy atom. The van der Waals surface area contributed by atoms with E-state index in [1.807, 2.05) is 0 Å². The zero-order chi connectivity index (χ0) is 31.3. The third-order valence-corrected chi connectivity index (χ3v) is 10.7. The van der Waals surface area contributed by atoms with Gasteiger partial charge >= 0.3 is 0 Å². The number of aryl methyl sites for hydroxylation is 1. The summed E-state index contributed by atoms with van der Waals surface area (Å²) >= 11 is 0. The molecule has 0 amide bonds. The van der Waals surface area contributed by atoms with Crippen molar-refractivity contribution in [2.24, 2.45) is 0 Å². The zero-order valence-electron chi connectivity index (χ0n) is 26.3. The van der Waals surface area contributed by atoms with Crippen molar-refractivity contribution in [3.05, 3.63) is 169 Å². The van der Waals surface area contributed by atoms with Crippen molar-refractivity contribution in [2.75, 3.05) is 4.90 Å². The van der Waals surface area contributed by atoms with Crippen LogP contribution in [0.4, 0.5) is 17.1 Å². The Morgan fingerprint density at radius 1 is 0.417 bits per heavy atom. The lowest BCUT2D eigenvalue weighted by molar-refractivity contribution is 0.837. The molecule has 48 heavy (non-hydrogen) atoms. The first kappa shape index (κ1) is 26.0. The summed E-state index contributed by atoms with van der Waals surface area (Å²) < 4.78 is 2.41. The summed E-state index contributed by atoms with van der Waals surface area (Å²) in [6, 6.07) is 58.5. The Hall–Kier alpha value is -6.12. The molecule has 0 bridgehead atoms. The minimum absolute atomic E-state index is 1.14. The van der Waals surface area contributed by atoms with Gasteiger partial charge in [0.05, 0.1) is 11.0 Å². The van der Waals surface area contributed by atoms with Crippen LogP contribution in [-0.4, -0.2) is 4.57 Å². The molecular formula is C46H30N2. The fourth-order valence-electron chi connectivity index (χ4n) is 8.32. The van der Waals surface area contributed by atoms with Gasteiger partial charge in [0.15, 0.2) is 0 Å². The Bertz CT molecular complexity index is 2730. The van der Waals surface area contributed by atoms with Gasteiger partial charge in [-0.15, -0.1) is 0 Å².